The third kappa shape index (κ3) is 5.54. The van der Waals surface area contributed by atoms with Crippen molar-refractivity contribution < 1.29 is 0 Å². The van der Waals surface area contributed by atoms with Crippen molar-refractivity contribution in [2.45, 2.75) is 44.9 Å². The summed E-state index contributed by atoms with van der Waals surface area (Å²) in [4.78, 5) is 3.48. The van der Waals surface area contributed by atoms with E-state index in [0.29, 0.717) is 5.92 Å². The van der Waals surface area contributed by atoms with E-state index in [1.807, 2.05) is 18.2 Å². The average molecular weight is 341 g/mol. The van der Waals surface area contributed by atoms with Crippen LogP contribution in [-0.2, 0) is 0 Å². The maximum Gasteiger partial charge on any atom is 0.187 e. The number of rotatable bonds is 7. The lowest BCUT2D eigenvalue weighted by molar-refractivity contribution is 0.582. The molecule has 0 aliphatic heterocycles. The zero-order valence-electron chi connectivity index (χ0n) is 10.5. The molecule has 1 aromatic rings. The lowest BCUT2D eigenvalue weighted by Gasteiger charge is -2.12. The number of hydrogen-bond acceptors (Lipinski definition) is 0. The molecule has 17 heavy (non-hydrogen) atoms. The SMILES string of the molecule is [C-]#[N+]c1cccc(C(C)CCCCCCI)c1. The Bertz CT molecular complexity index is 367. The van der Waals surface area contributed by atoms with E-state index in [-0.39, 0.29) is 0 Å². The van der Waals surface area contributed by atoms with Crippen LogP contribution in [-0.4, -0.2) is 4.43 Å². The van der Waals surface area contributed by atoms with Gasteiger partial charge >= 0.3 is 0 Å². The Balaban J connectivity index is 2.36. The van der Waals surface area contributed by atoms with E-state index in [4.69, 9.17) is 6.57 Å². The van der Waals surface area contributed by atoms with Gasteiger partial charge in [0.1, 0.15) is 0 Å². The second kappa shape index (κ2) is 8.52. The molecule has 2 heteroatoms. The minimum absolute atomic E-state index is 0.580. The third-order valence-corrected chi connectivity index (χ3v) is 3.85. The Kier molecular flexibility index (Phi) is 7.27. The van der Waals surface area contributed by atoms with Gasteiger partial charge in [0, 0.05) is 0 Å². The molecule has 0 aromatic heterocycles. The fraction of sp³-hybridized carbons (Fsp3) is 0.533. The fourth-order valence-corrected chi connectivity index (χ4v) is 2.51. The molecule has 0 spiro atoms. The zero-order chi connectivity index (χ0) is 12.5. The maximum absolute atomic E-state index is 7.02. The van der Waals surface area contributed by atoms with Gasteiger partial charge in [-0.2, -0.15) is 0 Å². The van der Waals surface area contributed by atoms with Gasteiger partial charge in [-0.3, -0.25) is 0 Å². The van der Waals surface area contributed by atoms with Crippen molar-refractivity contribution in [3.63, 3.8) is 0 Å². The standard InChI is InChI=1S/C15H20IN/c1-13(8-5-3-4-6-11-16)14-9-7-10-15(12-14)17-2/h7,9-10,12-13H,3-6,8,11H2,1H3. The van der Waals surface area contributed by atoms with Crippen molar-refractivity contribution in [3.8, 4) is 0 Å². The van der Waals surface area contributed by atoms with Crippen LogP contribution in [0.25, 0.3) is 4.85 Å². The molecule has 0 saturated heterocycles. The molecular weight excluding hydrogens is 321 g/mol. The van der Waals surface area contributed by atoms with Gasteiger partial charge in [0.25, 0.3) is 0 Å². The summed E-state index contributed by atoms with van der Waals surface area (Å²) in [5.41, 5.74) is 2.08. The van der Waals surface area contributed by atoms with Gasteiger partial charge in [0.2, 0.25) is 0 Å². The lowest BCUT2D eigenvalue weighted by Crippen LogP contribution is -1.93. The molecule has 0 heterocycles. The van der Waals surface area contributed by atoms with E-state index in [2.05, 4.69) is 40.4 Å². The van der Waals surface area contributed by atoms with Gasteiger partial charge in [-0.15, -0.1) is 0 Å². The fourth-order valence-electron chi connectivity index (χ4n) is 1.97. The molecule has 1 rings (SSSR count). The molecular formula is C15H20IN. The van der Waals surface area contributed by atoms with E-state index in [1.54, 1.807) is 0 Å². The molecule has 1 unspecified atom stereocenters. The largest absolute Gasteiger partial charge is 0.238 e. The van der Waals surface area contributed by atoms with Crippen LogP contribution in [0.2, 0.25) is 0 Å². The molecule has 1 atom stereocenters. The molecule has 1 nitrogen and oxygen atoms in total. The summed E-state index contributed by atoms with van der Waals surface area (Å²) < 4.78 is 1.28. The van der Waals surface area contributed by atoms with E-state index in [0.717, 1.165) is 5.69 Å². The first-order valence-corrected chi connectivity index (χ1v) is 7.84. The van der Waals surface area contributed by atoms with Crippen molar-refractivity contribution in [1.29, 1.82) is 0 Å². The monoisotopic (exact) mass is 341 g/mol. The summed E-state index contributed by atoms with van der Waals surface area (Å²) >= 11 is 2.44. The van der Waals surface area contributed by atoms with Crippen LogP contribution in [0.5, 0.6) is 0 Å². The third-order valence-electron chi connectivity index (χ3n) is 3.09. The predicted molar refractivity (Wildman–Crippen MR) is 83.1 cm³/mol. The molecule has 0 aliphatic rings. The minimum Gasteiger partial charge on any atom is -0.238 e. The summed E-state index contributed by atoms with van der Waals surface area (Å²) in [5, 5.41) is 0. The number of halogens is 1. The highest BCUT2D eigenvalue weighted by Crippen LogP contribution is 2.25. The Morgan fingerprint density at radius 1 is 1.24 bits per heavy atom. The van der Waals surface area contributed by atoms with Crippen LogP contribution in [0.4, 0.5) is 5.69 Å². The van der Waals surface area contributed by atoms with Gasteiger partial charge < -0.3 is 0 Å². The van der Waals surface area contributed by atoms with Crippen LogP contribution in [0.3, 0.4) is 0 Å². The molecule has 0 amide bonds. The molecule has 1 aromatic carbocycles. The molecule has 0 aliphatic carbocycles. The average Bonchev–Trinajstić information content (AvgIpc) is 2.38. The van der Waals surface area contributed by atoms with Gasteiger partial charge in [0.15, 0.2) is 5.69 Å². The van der Waals surface area contributed by atoms with E-state index >= 15 is 0 Å². The Hall–Kier alpha value is -0.560. The molecule has 0 N–H and O–H groups in total. The van der Waals surface area contributed by atoms with Crippen LogP contribution in [0.1, 0.15) is 50.5 Å². The van der Waals surface area contributed by atoms with Crippen LogP contribution < -0.4 is 0 Å². The van der Waals surface area contributed by atoms with Crippen molar-refractivity contribution >= 4 is 28.3 Å². The summed E-state index contributed by atoms with van der Waals surface area (Å²) in [6, 6.07) is 8.05. The first-order valence-electron chi connectivity index (χ1n) is 6.31. The van der Waals surface area contributed by atoms with Gasteiger partial charge in [-0.25, -0.2) is 4.85 Å². The second-order valence-corrected chi connectivity index (χ2v) is 5.58. The van der Waals surface area contributed by atoms with Gasteiger partial charge in [-0.05, 0) is 23.2 Å². The predicted octanol–water partition coefficient (Wildman–Crippen LogP) is 5.73. The van der Waals surface area contributed by atoms with Crippen molar-refractivity contribution in [1.82, 2.24) is 0 Å². The molecule has 0 radical (unpaired) electrons. The second-order valence-electron chi connectivity index (χ2n) is 4.50. The lowest BCUT2D eigenvalue weighted by atomic mass is 9.94. The Labute approximate surface area is 119 Å². The van der Waals surface area contributed by atoms with E-state index in [1.165, 1.54) is 42.1 Å². The molecule has 0 fully saturated rings. The zero-order valence-corrected chi connectivity index (χ0v) is 12.6. The Morgan fingerprint density at radius 2 is 2.00 bits per heavy atom. The smallest absolute Gasteiger partial charge is 0.187 e. The number of unbranched alkanes of at least 4 members (excludes halogenated alkanes) is 3. The van der Waals surface area contributed by atoms with E-state index < -0.39 is 0 Å². The maximum atomic E-state index is 7.02. The summed E-state index contributed by atoms with van der Waals surface area (Å²) in [6.45, 7) is 9.28. The van der Waals surface area contributed by atoms with Gasteiger partial charge in [0.05, 0.1) is 6.57 Å². The summed E-state index contributed by atoms with van der Waals surface area (Å²) in [6.07, 6.45) is 6.60. The minimum atomic E-state index is 0.580. The van der Waals surface area contributed by atoms with E-state index in [9.17, 15) is 0 Å². The topological polar surface area (TPSA) is 4.36 Å². The van der Waals surface area contributed by atoms with Crippen molar-refractivity contribution in [2.75, 3.05) is 4.43 Å². The number of alkyl halides is 1. The normalized spacial score (nSPS) is 12.1. The quantitative estimate of drug-likeness (QED) is 0.258. The van der Waals surface area contributed by atoms with Crippen LogP contribution >= 0.6 is 22.6 Å². The first kappa shape index (κ1) is 14.5. The van der Waals surface area contributed by atoms with Crippen LogP contribution in [0, 0.1) is 6.57 Å². The van der Waals surface area contributed by atoms with Crippen LogP contribution in [0.15, 0.2) is 24.3 Å². The number of nitrogens with zero attached hydrogens (tertiary/aromatic N) is 1. The number of benzene rings is 1. The first-order chi connectivity index (χ1) is 8.27. The summed E-state index contributed by atoms with van der Waals surface area (Å²) in [5.74, 6) is 0.580. The highest BCUT2D eigenvalue weighted by molar-refractivity contribution is 14.1. The molecule has 0 saturated carbocycles. The highest BCUT2D eigenvalue weighted by Gasteiger charge is 2.05. The highest BCUT2D eigenvalue weighted by atomic mass is 127. The van der Waals surface area contributed by atoms with Gasteiger partial charge in [-0.1, -0.05) is 78.6 Å². The Morgan fingerprint density at radius 3 is 2.71 bits per heavy atom. The molecule has 92 valence electrons. The number of hydrogen-bond donors (Lipinski definition) is 0. The molecule has 0 bridgehead atoms. The van der Waals surface area contributed by atoms with Crippen molar-refractivity contribution in [2.24, 2.45) is 0 Å². The van der Waals surface area contributed by atoms with Crippen molar-refractivity contribution in [3.05, 3.63) is 41.2 Å². The summed E-state index contributed by atoms with van der Waals surface area (Å²) in [7, 11) is 0.